The standard InChI is InChI=1S/C23H28N4O3/c1-24-23(26-15-19-16-29-20-6-2-3-7-21(20)30-19)25-14-17-9-11-18(12-10-17)27-13-5-4-8-22(27)28/h2-3,6-7,9-12,19H,4-5,8,13-16H2,1H3,(H2,24,25,26). The first-order valence-electron chi connectivity index (χ1n) is 10.5. The average molecular weight is 409 g/mol. The van der Waals surface area contributed by atoms with Crippen LogP contribution in [0.5, 0.6) is 11.5 Å². The van der Waals surface area contributed by atoms with Crippen molar-refractivity contribution in [3.05, 3.63) is 54.1 Å². The highest BCUT2D eigenvalue weighted by Crippen LogP contribution is 2.30. The number of rotatable bonds is 5. The van der Waals surface area contributed by atoms with Crippen molar-refractivity contribution < 1.29 is 14.3 Å². The van der Waals surface area contributed by atoms with Gasteiger partial charge in [-0.2, -0.15) is 0 Å². The fourth-order valence-electron chi connectivity index (χ4n) is 3.65. The molecule has 4 rings (SSSR count). The number of anilines is 1. The number of piperidine rings is 1. The summed E-state index contributed by atoms with van der Waals surface area (Å²) in [5.74, 6) is 2.47. The molecule has 0 aromatic heterocycles. The molecule has 0 spiro atoms. The molecule has 2 N–H and O–H groups in total. The largest absolute Gasteiger partial charge is 0.486 e. The molecule has 30 heavy (non-hydrogen) atoms. The fraction of sp³-hybridized carbons (Fsp3) is 0.391. The molecular weight excluding hydrogens is 380 g/mol. The van der Waals surface area contributed by atoms with Crippen molar-refractivity contribution in [1.29, 1.82) is 0 Å². The van der Waals surface area contributed by atoms with Crippen LogP contribution < -0.4 is 25.0 Å². The molecule has 1 atom stereocenters. The molecule has 0 radical (unpaired) electrons. The van der Waals surface area contributed by atoms with Gasteiger partial charge in [0, 0.05) is 32.2 Å². The number of amides is 1. The number of nitrogens with one attached hydrogen (secondary N) is 2. The molecule has 0 saturated carbocycles. The molecule has 158 valence electrons. The van der Waals surface area contributed by atoms with Gasteiger partial charge < -0.3 is 25.0 Å². The Labute approximate surface area is 177 Å². The van der Waals surface area contributed by atoms with Gasteiger partial charge in [0.2, 0.25) is 5.91 Å². The van der Waals surface area contributed by atoms with Gasteiger partial charge in [-0.1, -0.05) is 24.3 Å². The van der Waals surface area contributed by atoms with Crippen molar-refractivity contribution in [2.75, 3.05) is 31.6 Å². The Morgan fingerprint density at radius 1 is 1.10 bits per heavy atom. The third-order valence-electron chi connectivity index (χ3n) is 5.32. The summed E-state index contributed by atoms with van der Waals surface area (Å²) in [7, 11) is 1.74. The number of ether oxygens (including phenoxy) is 2. The van der Waals surface area contributed by atoms with Crippen LogP contribution in [-0.2, 0) is 11.3 Å². The van der Waals surface area contributed by atoms with Crippen molar-refractivity contribution in [3.8, 4) is 11.5 Å². The van der Waals surface area contributed by atoms with Crippen LogP contribution in [0.15, 0.2) is 53.5 Å². The highest BCUT2D eigenvalue weighted by molar-refractivity contribution is 5.93. The number of hydrogen-bond donors (Lipinski definition) is 2. The summed E-state index contributed by atoms with van der Waals surface area (Å²) in [6.07, 6.45) is 2.62. The van der Waals surface area contributed by atoms with Gasteiger partial charge in [0.15, 0.2) is 17.5 Å². The molecule has 1 saturated heterocycles. The number of nitrogens with zero attached hydrogens (tertiary/aromatic N) is 2. The Bertz CT molecular complexity index is 898. The van der Waals surface area contributed by atoms with E-state index in [1.807, 2.05) is 53.4 Å². The predicted octanol–water partition coefficient (Wildman–Crippen LogP) is 2.71. The Morgan fingerprint density at radius 2 is 1.90 bits per heavy atom. The Morgan fingerprint density at radius 3 is 2.67 bits per heavy atom. The molecule has 0 aliphatic carbocycles. The number of carbonyl (C=O) groups is 1. The van der Waals surface area contributed by atoms with Crippen LogP contribution in [0.2, 0.25) is 0 Å². The van der Waals surface area contributed by atoms with E-state index in [4.69, 9.17) is 9.47 Å². The second-order valence-corrected chi connectivity index (χ2v) is 7.47. The second-order valence-electron chi connectivity index (χ2n) is 7.47. The maximum absolute atomic E-state index is 12.1. The number of guanidine groups is 1. The molecule has 1 amide bonds. The van der Waals surface area contributed by atoms with E-state index in [1.165, 1.54) is 0 Å². The molecular formula is C23H28N4O3. The second kappa shape index (κ2) is 9.52. The predicted molar refractivity (Wildman–Crippen MR) is 117 cm³/mol. The third-order valence-corrected chi connectivity index (χ3v) is 5.32. The first-order chi connectivity index (χ1) is 14.7. The Balaban J connectivity index is 1.25. The monoisotopic (exact) mass is 408 g/mol. The maximum atomic E-state index is 12.1. The van der Waals surface area contributed by atoms with Gasteiger partial charge in [0.25, 0.3) is 0 Å². The van der Waals surface area contributed by atoms with Gasteiger partial charge in [0.1, 0.15) is 12.7 Å². The molecule has 7 nitrogen and oxygen atoms in total. The van der Waals surface area contributed by atoms with Gasteiger partial charge in [0.05, 0.1) is 6.54 Å². The molecule has 1 fully saturated rings. The smallest absolute Gasteiger partial charge is 0.226 e. The zero-order chi connectivity index (χ0) is 20.8. The van der Waals surface area contributed by atoms with E-state index in [0.717, 1.165) is 42.1 Å². The van der Waals surface area contributed by atoms with Crippen LogP contribution in [0, 0.1) is 0 Å². The summed E-state index contributed by atoms with van der Waals surface area (Å²) in [6.45, 7) is 2.53. The van der Waals surface area contributed by atoms with Gasteiger partial charge >= 0.3 is 0 Å². The minimum absolute atomic E-state index is 0.0835. The minimum atomic E-state index is -0.0835. The lowest BCUT2D eigenvalue weighted by Crippen LogP contribution is -2.45. The number of hydrogen-bond acceptors (Lipinski definition) is 4. The van der Waals surface area contributed by atoms with Crippen LogP contribution >= 0.6 is 0 Å². The van der Waals surface area contributed by atoms with Crippen LogP contribution in [0.4, 0.5) is 5.69 Å². The molecule has 0 bridgehead atoms. The number of para-hydroxylation sites is 2. The summed E-state index contributed by atoms with van der Waals surface area (Å²) in [4.78, 5) is 18.2. The number of aliphatic imine (C=N–C) groups is 1. The van der Waals surface area contributed by atoms with E-state index in [9.17, 15) is 4.79 Å². The molecule has 2 aliphatic heterocycles. The van der Waals surface area contributed by atoms with Crippen molar-refractivity contribution in [1.82, 2.24) is 10.6 Å². The lowest BCUT2D eigenvalue weighted by Gasteiger charge is -2.27. The summed E-state index contributed by atoms with van der Waals surface area (Å²) in [6, 6.07) is 15.8. The molecule has 7 heteroatoms. The summed E-state index contributed by atoms with van der Waals surface area (Å²) in [5, 5.41) is 6.60. The number of benzene rings is 2. The summed E-state index contributed by atoms with van der Waals surface area (Å²) < 4.78 is 11.7. The summed E-state index contributed by atoms with van der Waals surface area (Å²) in [5.41, 5.74) is 2.10. The SMILES string of the molecule is CN=C(NCc1ccc(N2CCCCC2=O)cc1)NCC1COc2ccccc2O1. The molecule has 2 aromatic carbocycles. The highest BCUT2D eigenvalue weighted by atomic mass is 16.6. The van der Waals surface area contributed by atoms with E-state index < -0.39 is 0 Å². The zero-order valence-corrected chi connectivity index (χ0v) is 17.3. The normalized spacial score (nSPS) is 18.8. The lowest BCUT2D eigenvalue weighted by molar-refractivity contribution is -0.119. The van der Waals surface area contributed by atoms with Crippen LogP contribution in [-0.4, -0.2) is 44.7 Å². The first kappa shape index (κ1) is 20.1. The zero-order valence-electron chi connectivity index (χ0n) is 17.3. The topological polar surface area (TPSA) is 75.2 Å². The van der Waals surface area contributed by atoms with Crippen molar-refractivity contribution in [2.24, 2.45) is 4.99 Å². The van der Waals surface area contributed by atoms with Crippen molar-refractivity contribution in [2.45, 2.75) is 31.9 Å². The van der Waals surface area contributed by atoms with Gasteiger partial charge in [-0.25, -0.2) is 0 Å². The van der Waals surface area contributed by atoms with Gasteiger partial charge in [-0.05, 0) is 42.7 Å². The van der Waals surface area contributed by atoms with E-state index in [-0.39, 0.29) is 12.0 Å². The van der Waals surface area contributed by atoms with Crippen molar-refractivity contribution in [3.63, 3.8) is 0 Å². The van der Waals surface area contributed by atoms with E-state index >= 15 is 0 Å². The number of fused-ring (bicyclic) bond motifs is 1. The fourth-order valence-corrected chi connectivity index (χ4v) is 3.65. The first-order valence-corrected chi connectivity index (χ1v) is 10.5. The quantitative estimate of drug-likeness (QED) is 0.588. The van der Waals surface area contributed by atoms with Crippen LogP contribution in [0.1, 0.15) is 24.8 Å². The lowest BCUT2D eigenvalue weighted by atomic mass is 10.1. The van der Waals surface area contributed by atoms with Crippen LogP contribution in [0.3, 0.4) is 0 Å². The molecule has 2 aromatic rings. The average Bonchev–Trinajstić information content (AvgIpc) is 2.80. The van der Waals surface area contributed by atoms with E-state index in [2.05, 4.69) is 15.6 Å². The molecule has 2 heterocycles. The number of carbonyl (C=O) groups excluding carboxylic acids is 1. The van der Waals surface area contributed by atoms with Gasteiger partial charge in [-0.3, -0.25) is 9.79 Å². The molecule has 2 aliphatic rings. The van der Waals surface area contributed by atoms with Crippen LogP contribution in [0.25, 0.3) is 0 Å². The summed E-state index contributed by atoms with van der Waals surface area (Å²) >= 11 is 0. The Kier molecular flexibility index (Phi) is 6.37. The maximum Gasteiger partial charge on any atom is 0.226 e. The van der Waals surface area contributed by atoms with E-state index in [0.29, 0.717) is 32.1 Å². The third kappa shape index (κ3) is 4.84. The Hall–Kier alpha value is -3.22. The van der Waals surface area contributed by atoms with E-state index in [1.54, 1.807) is 7.05 Å². The highest BCUT2D eigenvalue weighted by Gasteiger charge is 2.21. The van der Waals surface area contributed by atoms with Gasteiger partial charge in [-0.15, -0.1) is 0 Å². The van der Waals surface area contributed by atoms with Crippen molar-refractivity contribution >= 4 is 17.6 Å². The molecule has 1 unspecified atom stereocenters. The minimum Gasteiger partial charge on any atom is -0.486 e.